The van der Waals surface area contributed by atoms with Gasteiger partial charge in [0.25, 0.3) is 5.91 Å². The van der Waals surface area contributed by atoms with Gasteiger partial charge >= 0.3 is 0 Å². The van der Waals surface area contributed by atoms with Crippen LogP contribution >= 0.6 is 11.6 Å². The van der Waals surface area contributed by atoms with E-state index in [0.29, 0.717) is 30.2 Å². The van der Waals surface area contributed by atoms with Crippen LogP contribution in [-0.4, -0.2) is 44.9 Å². The van der Waals surface area contributed by atoms with Crippen LogP contribution in [0.2, 0.25) is 5.02 Å². The van der Waals surface area contributed by atoms with E-state index < -0.39 is 6.10 Å². The van der Waals surface area contributed by atoms with Gasteiger partial charge in [-0.2, -0.15) is 5.10 Å². The second-order valence-corrected chi connectivity index (χ2v) is 6.45. The van der Waals surface area contributed by atoms with Crippen LogP contribution in [0.15, 0.2) is 30.5 Å². The molecular formula is C17H21ClN4O2. The second kappa shape index (κ2) is 7.23. The number of rotatable bonds is 4. The number of carbonyl (C=O) groups excluding carboxylic acids is 1. The number of amides is 1. The van der Waals surface area contributed by atoms with Gasteiger partial charge in [0.05, 0.1) is 29.6 Å². The van der Waals surface area contributed by atoms with Crippen molar-refractivity contribution in [3.05, 3.63) is 46.7 Å². The summed E-state index contributed by atoms with van der Waals surface area (Å²) in [6, 6.07) is 7.38. The summed E-state index contributed by atoms with van der Waals surface area (Å²) in [5.74, 6) is -0.0454. The normalized spacial score (nSPS) is 17.8. The lowest BCUT2D eigenvalue weighted by atomic mass is 10.1. The molecule has 0 spiro atoms. The summed E-state index contributed by atoms with van der Waals surface area (Å²) in [6.07, 6.45) is 2.79. The van der Waals surface area contributed by atoms with Crippen LogP contribution in [-0.2, 0) is 13.6 Å². The predicted octanol–water partition coefficient (Wildman–Crippen LogP) is 2.28. The topological polar surface area (TPSA) is 70.4 Å². The summed E-state index contributed by atoms with van der Waals surface area (Å²) >= 11 is 6.10. The highest BCUT2D eigenvalue weighted by Crippen LogP contribution is 2.19. The van der Waals surface area contributed by atoms with Crippen LogP contribution in [0, 0.1) is 0 Å². The Morgan fingerprint density at radius 3 is 3.04 bits per heavy atom. The maximum atomic E-state index is 12.6. The summed E-state index contributed by atoms with van der Waals surface area (Å²) in [6.45, 7) is 1.62. The Morgan fingerprint density at radius 1 is 1.50 bits per heavy atom. The third-order valence-electron chi connectivity index (χ3n) is 4.26. The maximum absolute atomic E-state index is 12.6. The minimum atomic E-state index is -0.420. The molecular weight excluding hydrogens is 328 g/mol. The minimum absolute atomic E-state index is 0.0454. The SMILES string of the molecule is Cn1ncc(Cl)c1CNc1cccc(C(=O)N2CCCC(O)C2)c1. The second-order valence-electron chi connectivity index (χ2n) is 6.04. The molecule has 0 aliphatic carbocycles. The fourth-order valence-electron chi connectivity index (χ4n) is 2.90. The Bertz CT molecular complexity index is 712. The van der Waals surface area contributed by atoms with Gasteiger partial charge in [-0.25, -0.2) is 0 Å². The van der Waals surface area contributed by atoms with Crippen LogP contribution in [0.5, 0.6) is 0 Å². The third-order valence-corrected chi connectivity index (χ3v) is 4.58. The third kappa shape index (κ3) is 3.71. The Balaban J connectivity index is 1.68. The lowest BCUT2D eigenvalue weighted by Gasteiger charge is -2.30. The van der Waals surface area contributed by atoms with E-state index in [1.54, 1.807) is 21.8 Å². The number of halogens is 1. The van der Waals surface area contributed by atoms with E-state index in [9.17, 15) is 9.90 Å². The number of anilines is 1. The van der Waals surface area contributed by atoms with Gasteiger partial charge in [0.2, 0.25) is 0 Å². The lowest BCUT2D eigenvalue weighted by Crippen LogP contribution is -2.42. The predicted molar refractivity (Wildman–Crippen MR) is 93.1 cm³/mol. The molecule has 0 bridgehead atoms. The molecule has 24 heavy (non-hydrogen) atoms. The van der Waals surface area contributed by atoms with Gasteiger partial charge in [0.15, 0.2) is 0 Å². The molecule has 1 amide bonds. The van der Waals surface area contributed by atoms with Gasteiger partial charge in [0.1, 0.15) is 0 Å². The van der Waals surface area contributed by atoms with Gasteiger partial charge in [0, 0.05) is 31.4 Å². The number of aliphatic hydroxyl groups excluding tert-OH is 1. The number of aryl methyl sites for hydroxylation is 1. The van der Waals surface area contributed by atoms with Crippen LogP contribution < -0.4 is 5.32 Å². The van der Waals surface area contributed by atoms with Gasteiger partial charge in [-0.1, -0.05) is 17.7 Å². The van der Waals surface area contributed by atoms with Crippen molar-refractivity contribution in [2.24, 2.45) is 7.05 Å². The number of likely N-dealkylation sites (tertiary alicyclic amines) is 1. The Labute approximate surface area is 146 Å². The molecule has 6 nitrogen and oxygen atoms in total. The molecule has 7 heteroatoms. The highest BCUT2D eigenvalue weighted by Gasteiger charge is 2.23. The molecule has 1 aliphatic heterocycles. The number of nitrogens with one attached hydrogen (secondary N) is 1. The maximum Gasteiger partial charge on any atom is 0.254 e. The zero-order valence-corrected chi connectivity index (χ0v) is 14.3. The largest absolute Gasteiger partial charge is 0.391 e. The van der Waals surface area contributed by atoms with E-state index in [1.165, 1.54) is 0 Å². The first-order valence-electron chi connectivity index (χ1n) is 8.02. The number of β-amino-alcohol motifs (C(OH)–C–C–N with tert-alkyl or cyclic N) is 1. The molecule has 3 rings (SSSR count). The monoisotopic (exact) mass is 348 g/mol. The van der Waals surface area contributed by atoms with Gasteiger partial charge in [-0.05, 0) is 31.0 Å². The molecule has 1 saturated heterocycles. The van der Waals surface area contributed by atoms with Gasteiger partial charge in [-0.3, -0.25) is 9.48 Å². The number of benzene rings is 1. The van der Waals surface area contributed by atoms with E-state index in [-0.39, 0.29) is 5.91 Å². The van der Waals surface area contributed by atoms with E-state index in [2.05, 4.69) is 10.4 Å². The quantitative estimate of drug-likeness (QED) is 0.889. The summed E-state index contributed by atoms with van der Waals surface area (Å²) in [5.41, 5.74) is 2.34. The van der Waals surface area contributed by atoms with Crippen molar-refractivity contribution in [1.82, 2.24) is 14.7 Å². The molecule has 0 saturated carbocycles. The Hall–Kier alpha value is -2.05. The number of carbonyl (C=O) groups is 1. The summed E-state index contributed by atoms with van der Waals surface area (Å²) in [4.78, 5) is 14.3. The van der Waals surface area contributed by atoms with Crippen molar-refractivity contribution in [2.75, 3.05) is 18.4 Å². The molecule has 1 atom stereocenters. The van der Waals surface area contributed by atoms with Crippen LogP contribution in [0.4, 0.5) is 5.69 Å². The first kappa shape index (κ1) is 16.8. The lowest BCUT2D eigenvalue weighted by molar-refractivity contribution is 0.0474. The van der Waals surface area contributed by atoms with Gasteiger partial charge in [-0.15, -0.1) is 0 Å². The number of aromatic nitrogens is 2. The van der Waals surface area contributed by atoms with Crippen molar-refractivity contribution < 1.29 is 9.90 Å². The molecule has 2 heterocycles. The van der Waals surface area contributed by atoms with Crippen molar-refractivity contribution in [2.45, 2.75) is 25.5 Å². The average Bonchev–Trinajstić information content (AvgIpc) is 2.91. The highest BCUT2D eigenvalue weighted by molar-refractivity contribution is 6.31. The van der Waals surface area contributed by atoms with Gasteiger partial charge < -0.3 is 15.3 Å². The van der Waals surface area contributed by atoms with Crippen LogP contribution in [0.25, 0.3) is 0 Å². The zero-order chi connectivity index (χ0) is 17.1. The first-order valence-corrected chi connectivity index (χ1v) is 8.40. The fraction of sp³-hybridized carbons (Fsp3) is 0.412. The molecule has 1 aromatic heterocycles. The van der Waals surface area contributed by atoms with E-state index in [4.69, 9.17) is 11.6 Å². The molecule has 1 fully saturated rings. The number of hydrogen-bond acceptors (Lipinski definition) is 4. The van der Waals surface area contributed by atoms with E-state index >= 15 is 0 Å². The molecule has 1 unspecified atom stereocenters. The molecule has 1 aliphatic rings. The number of nitrogens with zero attached hydrogens (tertiary/aromatic N) is 3. The van der Waals surface area contributed by atoms with E-state index in [1.807, 2.05) is 25.2 Å². The molecule has 2 N–H and O–H groups in total. The smallest absolute Gasteiger partial charge is 0.254 e. The number of aliphatic hydroxyl groups is 1. The summed E-state index contributed by atoms with van der Waals surface area (Å²) in [5, 5.41) is 17.7. The molecule has 0 radical (unpaired) electrons. The molecule has 1 aromatic carbocycles. The van der Waals surface area contributed by atoms with Crippen LogP contribution in [0.1, 0.15) is 28.9 Å². The number of piperidine rings is 1. The highest BCUT2D eigenvalue weighted by atomic mass is 35.5. The van der Waals surface area contributed by atoms with Crippen molar-refractivity contribution in [3.63, 3.8) is 0 Å². The summed E-state index contributed by atoms with van der Waals surface area (Å²) < 4.78 is 1.72. The molecule has 128 valence electrons. The summed E-state index contributed by atoms with van der Waals surface area (Å²) in [7, 11) is 1.84. The average molecular weight is 349 g/mol. The van der Waals surface area contributed by atoms with Crippen molar-refractivity contribution >= 4 is 23.2 Å². The minimum Gasteiger partial charge on any atom is -0.391 e. The van der Waals surface area contributed by atoms with Crippen molar-refractivity contribution in [3.8, 4) is 0 Å². The van der Waals surface area contributed by atoms with E-state index in [0.717, 1.165) is 24.2 Å². The number of hydrogen-bond donors (Lipinski definition) is 2. The first-order chi connectivity index (χ1) is 11.5. The Kier molecular flexibility index (Phi) is 5.06. The standard InChI is InChI=1S/C17H21ClN4O2/c1-21-16(15(18)9-20-21)10-19-13-5-2-4-12(8-13)17(24)22-7-3-6-14(23)11-22/h2,4-5,8-9,14,19,23H,3,6-7,10-11H2,1H3. The van der Waals surface area contributed by atoms with Crippen LogP contribution in [0.3, 0.4) is 0 Å². The molecule has 2 aromatic rings. The zero-order valence-electron chi connectivity index (χ0n) is 13.6. The van der Waals surface area contributed by atoms with Crippen molar-refractivity contribution in [1.29, 1.82) is 0 Å². The Morgan fingerprint density at radius 2 is 2.33 bits per heavy atom. The fourth-order valence-corrected chi connectivity index (χ4v) is 3.14.